The van der Waals surface area contributed by atoms with Crippen molar-refractivity contribution >= 4 is 12.2 Å². The number of aromatic amines is 1. The third-order valence-corrected chi connectivity index (χ3v) is 3.69. The molecule has 4 heteroatoms. The topological polar surface area (TPSA) is 41.8 Å². The van der Waals surface area contributed by atoms with Crippen molar-refractivity contribution in [2.75, 3.05) is 0 Å². The normalized spacial score (nSPS) is 12.9. The van der Waals surface area contributed by atoms with E-state index in [4.69, 9.17) is 16.6 Å². The van der Waals surface area contributed by atoms with Crippen molar-refractivity contribution in [3.8, 4) is 0 Å². The molecule has 0 fully saturated rings. The number of aryl methyl sites for hydroxylation is 2. The Morgan fingerprint density at radius 3 is 2.63 bits per heavy atom. The van der Waals surface area contributed by atoms with Crippen molar-refractivity contribution in [3.05, 3.63) is 45.6 Å². The predicted molar refractivity (Wildman–Crippen MR) is 78.9 cm³/mol. The quantitative estimate of drug-likeness (QED) is 0.845. The number of aromatic nitrogens is 2. The fraction of sp³-hybridized carbons (Fsp3) is 0.467. The summed E-state index contributed by atoms with van der Waals surface area (Å²) in [6.45, 7) is 8.74. The van der Waals surface area contributed by atoms with Crippen molar-refractivity contribution in [2.45, 2.75) is 40.0 Å². The van der Waals surface area contributed by atoms with Crippen LogP contribution in [0.3, 0.4) is 0 Å². The molecule has 0 bridgehead atoms. The molecule has 0 spiro atoms. The van der Waals surface area contributed by atoms with Crippen LogP contribution in [0.5, 0.6) is 0 Å². The number of hydrogen-bond acceptors (Lipinski definition) is 3. The zero-order valence-electron chi connectivity index (χ0n) is 11.9. The fourth-order valence-corrected chi connectivity index (χ4v) is 2.54. The van der Waals surface area contributed by atoms with Crippen molar-refractivity contribution in [1.82, 2.24) is 10.2 Å². The number of benzene rings is 1. The Bertz CT molecular complexity index is 613. The van der Waals surface area contributed by atoms with Crippen LogP contribution in [0, 0.1) is 24.6 Å². The Morgan fingerprint density at radius 2 is 2.05 bits per heavy atom. The maximum atomic E-state index is 5.40. The van der Waals surface area contributed by atoms with Crippen LogP contribution < -0.4 is 0 Å². The molecule has 1 aromatic carbocycles. The highest BCUT2D eigenvalue weighted by atomic mass is 32.1. The van der Waals surface area contributed by atoms with Gasteiger partial charge < -0.3 is 4.42 Å². The van der Waals surface area contributed by atoms with Crippen LogP contribution in [0.25, 0.3) is 0 Å². The summed E-state index contributed by atoms with van der Waals surface area (Å²) in [4.78, 5) is 0.346. The van der Waals surface area contributed by atoms with Gasteiger partial charge >= 0.3 is 0 Å². The first kappa shape index (κ1) is 14.0. The maximum absolute atomic E-state index is 5.40. The lowest BCUT2D eigenvalue weighted by molar-refractivity contribution is 0.415. The van der Waals surface area contributed by atoms with Crippen molar-refractivity contribution in [2.24, 2.45) is 5.92 Å². The Kier molecular flexibility index (Phi) is 4.20. The van der Waals surface area contributed by atoms with E-state index in [0.717, 1.165) is 6.42 Å². The van der Waals surface area contributed by atoms with Crippen LogP contribution >= 0.6 is 12.2 Å². The Morgan fingerprint density at radius 1 is 1.32 bits per heavy atom. The summed E-state index contributed by atoms with van der Waals surface area (Å²) >= 11 is 4.93. The second-order valence-electron chi connectivity index (χ2n) is 5.42. The molecule has 102 valence electrons. The van der Waals surface area contributed by atoms with Gasteiger partial charge in [-0.25, -0.2) is 5.10 Å². The molecule has 0 amide bonds. The molecule has 2 rings (SSSR count). The van der Waals surface area contributed by atoms with Gasteiger partial charge in [0, 0.05) is 6.42 Å². The van der Waals surface area contributed by atoms with Gasteiger partial charge in [0.05, 0.1) is 0 Å². The minimum Gasteiger partial charge on any atom is -0.414 e. The van der Waals surface area contributed by atoms with Crippen molar-refractivity contribution in [3.63, 3.8) is 0 Å². The van der Waals surface area contributed by atoms with Gasteiger partial charge in [-0.2, -0.15) is 0 Å². The summed E-state index contributed by atoms with van der Waals surface area (Å²) in [7, 11) is 0. The number of hydrogen-bond donors (Lipinski definition) is 1. The molecule has 0 aliphatic rings. The number of H-pyrrole nitrogens is 1. The Labute approximate surface area is 119 Å². The molecule has 19 heavy (non-hydrogen) atoms. The molecular weight excluding hydrogens is 256 g/mol. The van der Waals surface area contributed by atoms with E-state index in [1.54, 1.807) is 0 Å². The molecule has 2 aromatic rings. The molecule has 0 aliphatic carbocycles. The number of rotatable bonds is 4. The molecule has 1 heterocycles. The van der Waals surface area contributed by atoms with E-state index >= 15 is 0 Å². The minimum absolute atomic E-state index is 0.346. The summed E-state index contributed by atoms with van der Waals surface area (Å²) < 4.78 is 5.40. The van der Waals surface area contributed by atoms with Crippen LogP contribution in [0.2, 0.25) is 0 Å². The molecule has 0 saturated carbocycles. The lowest BCUT2D eigenvalue weighted by Gasteiger charge is -2.22. The highest BCUT2D eigenvalue weighted by Crippen LogP contribution is 2.30. The average molecular weight is 276 g/mol. The van der Waals surface area contributed by atoms with E-state index in [1.807, 2.05) is 0 Å². The zero-order chi connectivity index (χ0) is 14.0. The van der Waals surface area contributed by atoms with Crippen LogP contribution in [0.15, 0.2) is 22.6 Å². The molecule has 0 radical (unpaired) electrons. The largest absolute Gasteiger partial charge is 0.414 e. The maximum Gasteiger partial charge on any atom is 0.284 e. The molecule has 1 aromatic heterocycles. The predicted octanol–water partition coefficient (Wildman–Crippen LogP) is 4.33. The van der Waals surface area contributed by atoms with E-state index in [-0.39, 0.29) is 0 Å². The van der Waals surface area contributed by atoms with E-state index < -0.39 is 0 Å². The Balaban J connectivity index is 2.34. The second-order valence-corrected chi connectivity index (χ2v) is 5.79. The highest BCUT2D eigenvalue weighted by Gasteiger charge is 2.20. The van der Waals surface area contributed by atoms with Gasteiger partial charge in [0.25, 0.3) is 4.84 Å². The number of nitrogens with one attached hydrogen (secondary N) is 1. The first-order valence-corrected chi connectivity index (χ1v) is 6.99. The molecule has 3 nitrogen and oxygen atoms in total. The van der Waals surface area contributed by atoms with E-state index in [9.17, 15) is 0 Å². The summed E-state index contributed by atoms with van der Waals surface area (Å²) in [6, 6.07) is 6.60. The molecule has 1 unspecified atom stereocenters. The molecule has 1 atom stereocenters. The summed E-state index contributed by atoms with van der Waals surface area (Å²) in [5, 5.41) is 6.81. The van der Waals surface area contributed by atoms with Crippen LogP contribution in [0.4, 0.5) is 0 Å². The van der Waals surface area contributed by atoms with E-state index in [0.29, 0.717) is 22.6 Å². The van der Waals surface area contributed by atoms with Crippen molar-refractivity contribution in [1.29, 1.82) is 0 Å². The molecular formula is C15H20N2OS. The van der Waals surface area contributed by atoms with Crippen LogP contribution in [0.1, 0.15) is 42.3 Å². The van der Waals surface area contributed by atoms with Gasteiger partial charge in [0.15, 0.2) is 0 Å². The van der Waals surface area contributed by atoms with Crippen molar-refractivity contribution < 1.29 is 4.42 Å². The molecule has 1 N–H and O–H groups in total. The third kappa shape index (κ3) is 3.32. The Hall–Kier alpha value is -1.42. The van der Waals surface area contributed by atoms with Gasteiger partial charge in [-0.1, -0.05) is 37.6 Å². The summed E-state index contributed by atoms with van der Waals surface area (Å²) in [6.07, 6.45) is 0.773. The summed E-state index contributed by atoms with van der Waals surface area (Å²) in [5.41, 5.74) is 3.98. The lowest BCUT2D eigenvalue weighted by atomic mass is 9.83. The van der Waals surface area contributed by atoms with E-state index in [1.165, 1.54) is 16.7 Å². The molecule has 0 aliphatic heterocycles. The standard InChI is InChI=1S/C15H20N2OS/c1-9(2)12(8-14-16-17-15(19)18-14)13-7-10(3)5-6-11(13)4/h5-7,9,12H,8H2,1-4H3,(H,17,19). The average Bonchev–Trinajstić information content (AvgIpc) is 2.75. The van der Waals surface area contributed by atoms with Gasteiger partial charge in [0.2, 0.25) is 5.89 Å². The first-order chi connectivity index (χ1) is 8.97. The fourth-order valence-electron chi connectivity index (χ4n) is 2.40. The third-order valence-electron chi connectivity index (χ3n) is 3.52. The van der Waals surface area contributed by atoms with Gasteiger partial charge in [-0.15, -0.1) is 5.10 Å². The van der Waals surface area contributed by atoms with Gasteiger partial charge in [0.1, 0.15) is 0 Å². The first-order valence-electron chi connectivity index (χ1n) is 6.59. The number of nitrogens with zero attached hydrogens (tertiary/aromatic N) is 1. The zero-order valence-corrected chi connectivity index (χ0v) is 12.7. The van der Waals surface area contributed by atoms with Crippen LogP contribution in [-0.2, 0) is 6.42 Å². The monoisotopic (exact) mass is 276 g/mol. The van der Waals surface area contributed by atoms with E-state index in [2.05, 4.69) is 56.1 Å². The highest BCUT2D eigenvalue weighted by molar-refractivity contribution is 7.71. The second kappa shape index (κ2) is 5.70. The minimum atomic E-state index is 0.346. The lowest BCUT2D eigenvalue weighted by Crippen LogP contribution is -2.12. The SMILES string of the molecule is Cc1ccc(C)c(C(Cc2n[nH]c(=S)o2)C(C)C)c1. The summed E-state index contributed by atoms with van der Waals surface area (Å²) in [5.74, 6) is 1.59. The molecule has 0 saturated heterocycles. The smallest absolute Gasteiger partial charge is 0.284 e. The van der Waals surface area contributed by atoms with Gasteiger partial charge in [-0.05, 0) is 49.0 Å². The van der Waals surface area contributed by atoms with Crippen LogP contribution in [-0.4, -0.2) is 10.2 Å². The van der Waals surface area contributed by atoms with Gasteiger partial charge in [-0.3, -0.25) is 0 Å².